The van der Waals surface area contributed by atoms with Gasteiger partial charge in [-0.3, -0.25) is 9.59 Å². The molecule has 6 nitrogen and oxygen atoms in total. The van der Waals surface area contributed by atoms with Crippen molar-refractivity contribution in [1.29, 1.82) is 0 Å². The van der Waals surface area contributed by atoms with Gasteiger partial charge in [-0.25, -0.2) is 0 Å². The van der Waals surface area contributed by atoms with Crippen molar-refractivity contribution < 1.29 is 19.1 Å². The van der Waals surface area contributed by atoms with Gasteiger partial charge in [-0.05, 0) is 59.3 Å². The molecule has 0 unspecified atom stereocenters. The van der Waals surface area contributed by atoms with Crippen LogP contribution in [0.15, 0.2) is 40.9 Å². The summed E-state index contributed by atoms with van der Waals surface area (Å²) in [5.74, 6) is 0.637. The van der Waals surface area contributed by atoms with E-state index in [4.69, 9.17) is 9.47 Å². The molecule has 2 amide bonds. The maximum Gasteiger partial charge on any atom is 0.255 e. The largest absolute Gasteiger partial charge is 0.493 e. The van der Waals surface area contributed by atoms with Gasteiger partial charge in [-0.1, -0.05) is 0 Å². The van der Waals surface area contributed by atoms with Gasteiger partial charge in [0.05, 0.1) is 18.2 Å². The summed E-state index contributed by atoms with van der Waals surface area (Å²) in [6, 6.07) is 10.0. The van der Waals surface area contributed by atoms with E-state index >= 15 is 0 Å². The van der Waals surface area contributed by atoms with Crippen LogP contribution in [0.2, 0.25) is 0 Å². The first-order valence-electron chi connectivity index (χ1n) is 8.00. The number of hydrogen-bond donors (Lipinski definition) is 1. The zero-order valence-corrected chi connectivity index (χ0v) is 16.7. The Morgan fingerprint density at radius 2 is 1.77 bits per heavy atom. The molecular formula is C19H21BrN2O4. The summed E-state index contributed by atoms with van der Waals surface area (Å²) in [6.45, 7) is 2.36. The van der Waals surface area contributed by atoms with Crippen molar-refractivity contribution in [1.82, 2.24) is 4.90 Å². The Bertz CT molecular complexity index is 804. The van der Waals surface area contributed by atoms with Crippen LogP contribution >= 0.6 is 15.9 Å². The lowest BCUT2D eigenvalue weighted by molar-refractivity contribution is 0.0827. The summed E-state index contributed by atoms with van der Waals surface area (Å²) in [5.41, 5.74) is 1.57. The fraction of sp³-hybridized carbons (Fsp3) is 0.263. The first-order valence-corrected chi connectivity index (χ1v) is 8.80. The highest BCUT2D eigenvalue weighted by molar-refractivity contribution is 9.10. The first kappa shape index (κ1) is 19.8. The molecule has 0 aliphatic carbocycles. The highest BCUT2D eigenvalue weighted by Gasteiger charge is 2.16. The molecule has 2 aromatic rings. The Labute approximate surface area is 161 Å². The minimum absolute atomic E-state index is 0.0944. The zero-order chi connectivity index (χ0) is 19.3. The highest BCUT2D eigenvalue weighted by Crippen LogP contribution is 2.36. The molecule has 0 aliphatic rings. The quantitative estimate of drug-likeness (QED) is 0.771. The van der Waals surface area contributed by atoms with Crippen LogP contribution in [-0.2, 0) is 0 Å². The molecule has 0 spiro atoms. The Hall–Kier alpha value is -2.54. The average Bonchev–Trinajstić information content (AvgIpc) is 2.63. The van der Waals surface area contributed by atoms with Gasteiger partial charge in [-0.2, -0.15) is 0 Å². The molecule has 0 fully saturated rings. The number of carbonyl (C=O) groups excluding carboxylic acids is 2. The standard InChI is InChI=1S/C19H21BrN2O4/c1-5-26-17-15(20)10-13(11-16(17)25-4)18(23)21-14-8-6-12(7-9-14)19(24)22(2)3/h6-11H,5H2,1-4H3,(H,21,23). The van der Waals surface area contributed by atoms with E-state index in [-0.39, 0.29) is 11.8 Å². The molecule has 0 aromatic heterocycles. The van der Waals surface area contributed by atoms with Crippen molar-refractivity contribution in [3.63, 3.8) is 0 Å². The van der Waals surface area contributed by atoms with Crippen molar-refractivity contribution >= 4 is 33.4 Å². The molecule has 0 saturated heterocycles. The van der Waals surface area contributed by atoms with Crippen molar-refractivity contribution in [2.24, 2.45) is 0 Å². The van der Waals surface area contributed by atoms with Crippen molar-refractivity contribution in [2.45, 2.75) is 6.92 Å². The number of nitrogens with one attached hydrogen (secondary N) is 1. The number of ether oxygens (including phenoxy) is 2. The van der Waals surface area contributed by atoms with E-state index in [9.17, 15) is 9.59 Å². The maximum atomic E-state index is 12.5. The van der Waals surface area contributed by atoms with E-state index in [0.29, 0.717) is 39.4 Å². The lowest BCUT2D eigenvalue weighted by Gasteiger charge is -2.14. The second-order valence-electron chi connectivity index (χ2n) is 5.65. The molecule has 138 valence electrons. The average molecular weight is 421 g/mol. The number of methoxy groups -OCH3 is 1. The van der Waals surface area contributed by atoms with Crippen LogP contribution in [-0.4, -0.2) is 44.5 Å². The smallest absolute Gasteiger partial charge is 0.255 e. The van der Waals surface area contributed by atoms with Gasteiger partial charge >= 0.3 is 0 Å². The first-order chi connectivity index (χ1) is 12.4. The lowest BCUT2D eigenvalue weighted by Crippen LogP contribution is -2.21. The molecule has 0 saturated carbocycles. The predicted molar refractivity (Wildman–Crippen MR) is 104 cm³/mol. The fourth-order valence-corrected chi connectivity index (χ4v) is 2.85. The third kappa shape index (κ3) is 4.54. The number of nitrogens with zero attached hydrogens (tertiary/aromatic N) is 1. The summed E-state index contributed by atoms with van der Waals surface area (Å²) in [6.07, 6.45) is 0. The second kappa shape index (κ2) is 8.71. The van der Waals surface area contributed by atoms with Gasteiger partial charge < -0.3 is 19.7 Å². The number of rotatable bonds is 6. The lowest BCUT2D eigenvalue weighted by atomic mass is 10.1. The molecule has 0 heterocycles. The van der Waals surface area contributed by atoms with Crippen LogP contribution in [0.4, 0.5) is 5.69 Å². The molecular weight excluding hydrogens is 400 g/mol. The van der Waals surface area contributed by atoms with Crippen LogP contribution in [0.1, 0.15) is 27.6 Å². The summed E-state index contributed by atoms with van der Waals surface area (Å²) in [4.78, 5) is 25.9. The summed E-state index contributed by atoms with van der Waals surface area (Å²) >= 11 is 3.41. The van der Waals surface area contributed by atoms with Gasteiger partial charge in [0.25, 0.3) is 11.8 Å². The number of benzene rings is 2. The Kier molecular flexibility index (Phi) is 6.63. The highest BCUT2D eigenvalue weighted by atomic mass is 79.9. The molecule has 7 heteroatoms. The number of hydrogen-bond acceptors (Lipinski definition) is 4. The van der Waals surface area contributed by atoms with Crippen molar-refractivity contribution in [3.05, 3.63) is 52.0 Å². The van der Waals surface area contributed by atoms with E-state index in [0.717, 1.165) is 0 Å². The fourth-order valence-electron chi connectivity index (χ4n) is 2.29. The molecule has 0 aliphatic heterocycles. The molecule has 0 radical (unpaired) electrons. The molecule has 0 atom stereocenters. The van der Waals surface area contributed by atoms with Crippen molar-refractivity contribution in [3.8, 4) is 11.5 Å². The molecule has 0 bridgehead atoms. The van der Waals surface area contributed by atoms with E-state index in [1.807, 2.05) is 6.92 Å². The van der Waals surface area contributed by atoms with E-state index in [1.165, 1.54) is 12.0 Å². The molecule has 2 aromatic carbocycles. The summed E-state index contributed by atoms with van der Waals surface area (Å²) < 4.78 is 11.5. The number of anilines is 1. The van der Waals surface area contributed by atoms with Crippen LogP contribution in [0, 0.1) is 0 Å². The SMILES string of the molecule is CCOc1c(Br)cc(C(=O)Nc2ccc(C(=O)N(C)C)cc2)cc1OC. The summed E-state index contributed by atoms with van der Waals surface area (Å²) in [7, 11) is 4.90. The number of amides is 2. The Morgan fingerprint density at radius 3 is 2.31 bits per heavy atom. The minimum atomic E-state index is -0.293. The second-order valence-corrected chi connectivity index (χ2v) is 6.51. The normalized spacial score (nSPS) is 10.2. The third-order valence-electron chi connectivity index (χ3n) is 3.58. The number of carbonyl (C=O) groups is 2. The van der Waals surface area contributed by atoms with Gasteiger partial charge in [0.2, 0.25) is 0 Å². The van der Waals surface area contributed by atoms with Gasteiger partial charge in [0.1, 0.15) is 0 Å². The minimum Gasteiger partial charge on any atom is -0.493 e. The monoisotopic (exact) mass is 420 g/mol. The van der Waals surface area contributed by atoms with Gasteiger partial charge in [0, 0.05) is 30.9 Å². The third-order valence-corrected chi connectivity index (χ3v) is 4.17. The van der Waals surface area contributed by atoms with Gasteiger partial charge in [0.15, 0.2) is 11.5 Å². The molecule has 1 N–H and O–H groups in total. The van der Waals surface area contributed by atoms with E-state index in [2.05, 4.69) is 21.2 Å². The van der Waals surface area contributed by atoms with Crippen LogP contribution in [0.3, 0.4) is 0 Å². The van der Waals surface area contributed by atoms with E-state index < -0.39 is 0 Å². The number of halogens is 1. The van der Waals surface area contributed by atoms with Crippen LogP contribution in [0.5, 0.6) is 11.5 Å². The zero-order valence-electron chi connectivity index (χ0n) is 15.1. The van der Waals surface area contributed by atoms with Crippen molar-refractivity contribution in [2.75, 3.05) is 33.1 Å². The predicted octanol–water partition coefficient (Wildman–Crippen LogP) is 3.81. The maximum absolute atomic E-state index is 12.5. The van der Waals surface area contributed by atoms with Crippen LogP contribution in [0.25, 0.3) is 0 Å². The van der Waals surface area contributed by atoms with Gasteiger partial charge in [-0.15, -0.1) is 0 Å². The van der Waals surface area contributed by atoms with Crippen LogP contribution < -0.4 is 14.8 Å². The Balaban J connectivity index is 2.19. The van der Waals surface area contributed by atoms with E-state index in [1.54, 1.807) is 50.5 Å². The summed E-state index contributed by atoms with van der Waals surface area (Å²) in [5, 5.41) is 2.80. The molecule has 2 rings (SSSR count). The topological polar surface area (TPSA) is 67.9 Å². The Morgan fingerprint density at radius 1 is 1.12 bits per heavy atom. The molecule has 26 heavy (non-hydrogen) atoms.